The molecule has 0 radical (unpaired) electrons. The minimum atomic E-state index is 0.486. The molecule has 1 saturated heterocycles. The molecule has 0 unspecified atom stereocenters. The number of aromatic amines is 1. The van der Waals surface area contributed by atoms with Crippen LogP contribution in [0.1, 0.15) is 42.1 Å². The fourth-order valence-electron chi connectivity index (χ4n) is 3.24. The number of nitrogens with zero attached hydrogens (tertiary/aromatic N) is 4. The van der Waals surface area contributed by atoms with Crippen molar-refractivity contribution in [3.05, 3.63) is 52.8 Å². The van der Waals surface area contributed by atoms with E-state index in [9.17, 15) is 0 Å². The highest BCUT2D eigenvalue weighted by Crippen LogP contribution is 2.19. The number of aromatic nitrogens is 2. The normalized spacial score (nSPS) is 16.4. The first-order chi connectivity index (χ1) is 11.7. The van der Waals surface area contributed by atoms with E-state index in [1.807, 2.05) is 18.3 Å². The Kier molecular flexibility index (Phi) is 5.29. The molecule has 0 saturated carbocycles. The monoisotopic (exact) mass is 323 g/mol. The van der Waals surface area contributed by atoms with Gasteiger partial charge in [0.2, 0.25) is 0 Å². The Labute approximate surface area is 143 Å². The van der Waals surface area contributed by atoms with Gasteiger partial charge in [-0.1, -0.05) is 26.0 Å². The van der Waals surface area contributed by atoms with Crippen molar-refractivity contribution in [2.24, 2.45) is 0 Å². The second-order valence-electron chi connectivity index (χ2n) is 6.82. The van der Waals surface area contributed by atoms with E-state index in [1.165, 1.54) is 16.8 Å². The highest BCUT2D eigenvalue weighted by Gasteiger charge is 2.19. The van der Waals surface area contributed by atoms with E-state index >= 15 is 0 Å². The molecule has 0 bridgehead atoms. The molecule has 0 atom stereocenters. The molecule has 1 aromatic heterocycles. The number of rotatable bonds is 5. The number of nitrogens with one attached hydrogen (secondary N) is 1. The molecule has 126 valence electrons. The quantitative estimate of drug-likeness (QED) is 0.919. The van der Waals surface area contributed by atoms with Crippen LogP contribution in [-0.2, 0) is 13.1 Å². The average molecular weight is 323 g/mol. The second kappa shape index (κ2) is 7.61. The zero-order valence-electron chi connectivity index (χ0n) is 14.5. The van der Waals surface area contributed by atoms with Crippen LogP contribution in [0.2, 0.25) is 0 Å². The van der Waals surface area contributed by atoms with Gasteiger partial charge in [0.25, 0.3) is 0 Å². The summed E-state index contributed by atoms with van der Waals surface area (Å²) in [7, 11) is 0. The van der Waals surface area contributed by atoms with Crippen LogP contribution >= 0.6 is 0 Å². The van der Waals surface area contributed by atoms with Gasteiger partial charge in [-0.2, -0.15) is 10.4 Å². The molecule has 5 heteroatoms. The Morgan fingerprint density at radius 3 is 2.29 bits per heavy atom. The first-order valence-electron chi connectivity index (χ1n) is 8.61. The fourth-order valence-corrected chi connectivity index (χ4v) is 3.24. The van der Waals surface area contributed by atoms with Crippen molar-refractivity contribution < 1.29 is 0 Å². The molecule has 2 aromatic rings. The summed E-state index contributed by atoms with van der Waals surface area (Å²) < 4.78 is 0. The largest absolute Gasteiger partial charge is 0.297 e. The third-order valence-corrected chi connectivity index (χ3v) is 4.68. The third-order valence-electron chi connectivity index (χ3n) is 4.68. The number of hydrogen-bond acceptors (Lipinski definition) is 4. The minimum Gasteiger partial charge on any atom is -0.297 e. The van der Waals surface area contributed by atoms with Crippen LogP contribution in [0.5, 0.6) is 0 Å². The molecule has 1 aliphatic rings. The first kappa shape index (κ1) is 16.7. The van der Waals surface area contributed by atoms with Gasteiger partial charge in [-0.15, -0.1) is 0 Å². The highest BCUT2D eigenvalue weighted by molar-refractivity contribution is 5.31. The maximum atomic E-state index is 8.87. The Morgan fingerprint density at radius 2 is 1.71 bits per heavy atom. The van der Waals surface area contributed by atoms with Crippen LogP contribution in [-0.4, -0.2) is 46.2 Å². The molecule has 0 amide bonds. The van der Waals surface area contributed by atoms with Gasteiger partial charge in [0.1, 0.15) is 0 Å². The lowest BCUT2D eigenvalue weighted by Crippen LogP contribution is -2.45. The van der Waals surface area contributed by atoms with Crippen LogP contribution in [0.3, 0.4) is 0 Å². The maximum Gasteiger partial charge on any atom is 0.0991 e. The van der Waals surface area contributed by atoms with Crippen molar-refractivity contribution in [3.63, 3.8) is 0 Å². The molecule has 0 spiro atoms. The molecular formula is C19H25N5. The van der Waals surface area contributed by atoms with Crippen LogP contribution in [0.15, 0.2) is 30.5 Å². The standard InChI is InChI=1S/C19H25N5/c1-15(2)19-18(12-21-22-19)14-24-9-7-23(8-10-24)13-17-5-3-16(11-20)4-6-17/h3-6,12,15H,7-10,13-14H2,1-2H3,(H,21,22). The molecule has 3 rings (SSSR count). The van der Waals surface area contributed by atoms with Crippen LogP contribution in [0.4, 0.5) is 0 Å². The van der Waals surface area contributed by atoms with Crippen LogP contribution in [0, 0.1) is 11.3 Å². The van der Waals surface area contributed by atoms with Gasteiger partial charge in [0.05, 0.1) is 17.8 Å². The van der Waals surface area contributed by atoms with Gasteiger partial charge >= 0.3 is 0 Å². The molecule has 24 heavy (non-hydrogen) atoms. The maximum absolute atomic E-state index is 8.87. The fraction of sp³-hybridized carbons (Fsp3) is 0.474. The summed E-state index contributed by atoms with van der Waals surface area (Å²) in [6.45, 7) is 10.7. The highest BCUT2D eigenvalue weighted by atomic mass is 15.3. The Hall–Kier alpha value is -2.16. The van der Waals surface area contributed by atoms with Gasteiger partial charge in [-0.25, -0.2) is 0 Å². The van der Waals surface area contributed by atoms with Gasteiger partial charge in [-0.05, 0) is 23.6 Å². The molecule has 1 N–H and O–H groups in total. The number of hydrogen-bond donors (Lipinski definition) is 1. The van der Waals surface area contributed by atoms with Crippen molar-refractivity contribution >= 4 is 0 Å². The third kappa shape index (κ3) is 4.02. The SMILES string of the molecule is CC(C)c1[nH]ncc1CN1CCN(Cc2ccc(C#N)cc2)CC1. The zero-order chi connectivity index (χ0) is 16.9. The summed E-state index contributed by atoms with van der Waals surface area (Å²) in [4.78, 5) is 4.99. The van der Waals surface area contributed by atoms with Crippen molar-refractivity contribution in [3.8, 4) is 6.07 Å². The van der Waals surface area contributed by atoms with Crippen LogP contribution < -0.4 is 0 Å². The molecule has 5 nitrogen and oxygen atoms in total. The summed E-state index contributed by atoms with van der Waals surface area (Å²) in [5.74, 6) is 0.486. The number of piperazine rings is 1. The van der Waals surface area contributed by atoms with E-state index in [2.05, 4.69) is 52.0 Å². The van der Waals surface area contributed by atoms with E-state index in [0.29, 0.717) is 5.92 Å². The molecular weight excluding hydrogens is 298 g/mol. The molecule has 2 heterocycles. The lowest BCUT2D eigenvalue weighted by molar-refractivity contribution is 0.121. The molecule has 1 aliphatic heterocycles. The predicted octanol–water partition coefficient (Wildman–Crippen LogP) is 2.72. The summed E-state index contributed by atoms with van der Waals surface area (Å²) in [5.41, 5.74) is 4.59. The van der Waals surface area contributed by atoms with E-state index in [4.69, 9.17) is 5.26 Å². The number of H-pyrrole nitrogens is 1. The average Bonchev–Trinajstić information content (AvgIpc) is 3.06. The number of benzene rings is 1. The van der Waals surface area contributed by atoms with E-state index in [-0.39, 0.29) is 0 Å². The lowest BCUT2D eigenvalue weighted by Gasteiger charge is -2.34. The molecule has 1 fully saturated rings. The molecule has 1 aromatic carbocycles. The Bertz CT molecular complexity index is 687. The van der Waals surface area contributed by atoms with Gasteiger partial charge in [0, 0.05) is 50.5 Å². The molecule has 0 aliphatic carbocycles. The Morgan fingerprint density at radius 1 is 1.08 bits per heavy atom. The second-order valence-corrected chi connectivity index (χ2v) is 6.82. The zero-order valence-corrected chi connectivity index (χ0v) is 14.5. The van der Waals surface area contributed by atoms with Gasteiger partial charge < -0.3 is 0 Å². The van der Waals surface area contributed by atoms with E-state index < -0.39 is 0 Å². The van der Waals surface area contributed by atoms with E-state index in [1.54, 1.807) is 0 Å². The minimum absolute atomic E-state index is 0.486. The van der Waals surface area contributed by atoms with Crippen molar-refractivity contribution in [1.29, 1.82) is 5.26 Å². The van der Waals surface area contributed by atoms with Gasteiger partial charge in [-0.3, -0.25) is 14.9 Å². The smallest absolute Gasteiger partial charge is 0.0991 e. The van der Waals surface area contributed by atoms with Crippen molar-refractivity contribution in [2.45, 2.75) is 32.9 Å². The van der Waals surface area contributed by atoms with Crippen LogP contribution in [0.25, 0.3) is 0 Å². The summed E-state index contributed by atoms with van der Waals surface area (Å²) in [5, 5.41) is 16.2. The summed E-state index contributed by atoms with van der Waals surface area (Å²) >= 11 is 0. The summed E-state index contributed by atoms with van der Waals surface area (Å²) in [6, 6.07) is 10.1. The van der Waals surface area contributed by atoms with Crippen molar-refractivity contribution in [1.82, 2.24) is 20.0 Å². The van der Waals surface area contributed by atoms with Gasteiger partial charge in [0.15, 0.2) is 0 Å². The Balaban J connectivity index is 1.50. The number of nitriles is 1. The first-order valence-corrected chi connectivity index (χ1v) is 8.61. The topological polar surface area (TPSA) is 59.0 Å². The predicted molar refractivity (Wildman–Crippen MR) is 94.4 cm³/mol. The van der Waals surface area contributed by atoms with Crippen molar-refractivity contribution in [2.75, 3.05) is 26.2 Å². The van der Waals surface area contributed by atoms with E-state index in [0.717, 1.165) is 44.8 Å². The summed E-state index contributed by atoms with van der Waals surface area (Å²) in [6.07, 6.45) is 1.97. The lowest BCUT2D eigenvalue weighted by atomic mass is 10.1.